The summed E-state index contributed by atoms with van der Waals surface area (Å²) in [4.78, 5) is 2.40. The van der Waals surface area contributed by atoms with Crippen LogP contribution in [0.4, 0.5) is 0 Å². The predicted molar refractivity (Wildman–Crippen MR) is 74.5 cm³/mol. The Kier molecular flexibility index (Phi) is 4.84. The monoisotopic (exact) mass is 250 g/mol. The minimum Gasteiger partial charge on any atom is -0.463 e. The van der Waals surface area contributed by atoms with Gasteiger partial charge in [-0.3, -0.25) is 4.90 Å². The van der Waals surface area contributed by atoms with Crippen LogP contribution in [-0.4, -0.2) is 25.5 Å². The number of rotatable bonds is 6. The fourth-order valence-corrected chi connectivity index (χ4v) is 2.97. The summed E-state index contributed by atoms with van der Waals surface area (Å²) in [5.41, 5.74) is 1.26. The summed E-state index contributed by atoms with van der Waals surface area (Å²) in [5, 5.41) is 3.14. The van der Waals surface area contributed by atoms with Gasteiger partial charge in [0.2, 0.25) is 0 Å². The third-order valence-corrected chi connectivity index (χ3v) is 3.88. The molecule has 0 spiro atoms. The van der Waals surface area contributed by atoms with E-state index >= 15 is 0 Å². The molecular formula is C15H26N2O. The van der Waals surface area contributed by atoms with Crippen molar-refractivity contribution >= 4 is 0 Å². The van der Waals surface area contributed by atoms with Crippen molar-refractivity contribution in [1.29, 1.82) is 0 Å². The first-order valence-electron chi connectivity index (χ1n) is 7.10. The zero-order chi connectivity index (χ0) is 13.0. The molecule has 1 heterocycles. The highest BCUT2D eigenvalue weighted by Crippen LogP contribution is 2.25. The molecule has 2 rings (SSSR count). The SMILES string of the molecule is CNCc1oc(CN(C)CC2CCCC2)cc1C. The van der Waals surface area contributed by atoms with Gasteiger partial charge in [-0.2, -0.15) is 0 Å². The Balaban J connectivity index is 1.85. The highest BCUT2D eigenvalue weighted by molar-refractivity contribution is 5.19. The molecule has 1 aliphatic carbocycles. The second kappa shape index (κ2) is 6.39. The van der Waals surface area contributed by atoms with Crippen LogP contribution in [0.15, 0.2) is 10.5 Å². The van der Waals surface area contributed by atoms with E-state index in [0.29, 0.717) is 0 Å². The second-order valence-corrected chi connectivity index (χ2v) is 5.70. The van der Waals surface area contributed by atoms with Gasteiger partial charge in [-0.15, -0.1) is 0 Å². The van der Waals surface area contributed by atoms with Crippen molar-refractivity contribution in [1.82, 2.24) is 10.2 Å². The number of aryl methyl sites for hydroxylation is 1. The zero-order valence-corrected chi connectivity index (χ0v) is 12.0. The number of hydrogen-bond donors (Lipinski definition) is 1. The van der Waals surface area contributed by atoms with Crippen LogP contribution >= 0.6 is 0 Å². The molecule has 1 aliphatic rings. The molecule has 3 heteroatoms. The van der Waals surface area contributed by atoms with Crippen molar-refractivity contribution in [2.24, 2.45) is 5.92 Å². The summed E-state index contributed by atoms with van der Waals surface area (Å²) < 4.78 is 5.89. The van der Waals surface area contributed by atoms with Gasteiger partial charge in [-0.25, -0.2) is 0 Å². The van der Waals surface area contributed by atoms with E-state index in [9.17, 15) is 0 Å². The molecule has 1 aromatic rings. The highest BCUT2D eigenvalue weighted by atomic mass is 16.3. The number of nitrogens with zero attached hydrogens (tertiary/aromatic N) is 1. The van der Waals surface area contributed by atoms with E-state index in [2.05, 4.69) is 30.3 Å². The maximum absolute atomic E-state index is 5.89. The lowest BCUT2D eigenvalue weighted by Crippen LogP contribution is -2.23. The third-order valence-electron chi connectivity index (χ3n) is 3.88. The van der Waals surface area contributed by atoms with Gasteiger partial charge < -0.3 is 9.73 Å². The second-order valence-electron chi connectivity index (χ2n) is 5.70. The molecule has 1 fully saturated rings. The van der Waals surface area contributed by atoms with Gasteiger partial charge in [0.15, 0.2) is 0 Å². The number of furan rings is 1. The van der Waals surface area contributed by atoms with Crippen LogP contribution in [-0.2, 0) is 13.1 Å². The smallest absolute Gasteiger partial charge is 0.120 e. The van der Waals surface area contributed by atoms with Crippen molar-refractivity contribution in [2.75, 3.05) is 20.6 Å². The molecule has 0 aliphatic heterocycles. The first-order valence-corrected chi connectivity index (χ1v) is 7.10. The summed E-state index contributed by atoms with van der Waals surface area (Å²) in [6.45, 7) is 5.08. The topological polar surface area (TPSA) is 28.4 Å². The van der Waals surface area contributed by atoms with E-state index in [4.69, 9.17) is 4.42 Å². The van der Waals surface area contributed by atoms with Crippen LogP contribution < -0.4 is 5.32 Å². The lowest BCUT2D eigenvalue weighted by atomic mass is 10.1. The molecule has 0 aromatic carbocycles. The fourth-order valence-electron chi connectivity index (χ4n) is 2.97. The van der Waals surface area contributed by atoms with Gasteiger partial charge in [0, 0.05) is 6.54 Å². The van der Waals surface area contributed by atoms with E-state index in [1.165, 1.54) is 37.8 Å². The molecule has 3 nitrogen and oxygen atoms in total. The largest absolute Gasteiger partial charge is 0.463 e. The summed E-state index contributed by atoms with van der Waals surface area (Å²) in [6, 6.07) is 2.18. The molecule has 0 bridgehead atoms. The quantitative estimate of drug-likeness (QED) is 0.841. The maximum Gasteiger partial charge on any atom is 0.120 e. The third kappa shape index (κ3) is 3.59. The molecule has 1 N–H and O–H groups in total. The van der Waals surface area contributed by atoms with Crippen molar-refractivity contribution in [3.63, 3.8) is 0 Å². The van der Waals surface area contributed by atoms with E-state index in [0.717, 1.165) is 30.5 Å². The first-order chi connectivity index (χ1) is 8.69. The summed E-state index contributed by atoms with van der Waals surface area (Å²) in [6.07, 6.45) is 5.66. The number of hydrogen-bond acceptors (Lipinski definition) is 3. The van der Waals surface area contributed by atoms with Crippen LogP contribution in [0.5, 0.6) is 0 Å². The maximum atomic E-state index is 5.89. The minimum atomic E-state index is 0.818. The predicted octanol–water partition coefficient (Wildman–Crippen LogP) is 2.93. The van der Waals surface area contributed by atoms with Crippen LogP contribution in [0, 0.1) is 12.8 Å². The Hall–Kier alpha value is -0.800. The molecular weight excluding hydrogens is 224 g/mol. The Bertz CT molecular complexity index is 367. The molecule has 0 atom stereocenters. The van der Waals surface area contributed by atoms with E-state index in [1.807, 2.05) is 7.05 Å². The van der Waals surface area contributed by atoms with Crippen molar-refractivity contribution in [3.05, 3.63) is 23.2 Å². The van der Waals surface area contributed by atoms with E-state index < -0.39 is 0 Å². The average Bonchev–Trinajstić information content (AvgIpc) is 2.90. The molecule has 1 aromatic heterocycles. The summed E-state index contributed by atoms with van der Waals surface area (Å²) in [7, 11) is 4.15. The molecule has 0 saturated heterocycles. The molecule has 102 valence electrons. The van der Waals surface area contributed by atoms with Crippen molar-refractivity contribution < 1.29 is 4.42 Å². The van der Waals surface area contributed by atoms with Crippen LogP contribution in [0.3, 0.4) is 0 Å². The van der Waals surface area contributed by atoms with Gasteiger partial charge in [0.25, 0.3) is 0 Å². The molecule has 0 amide bonds. The minimum absolute atomic E-state index is 0.818. The van der Waals surface area contributed by atoms with Crippen LogP contribution in [0.2, 0.25) is 0 Å². The van der Waals surface area contributed by atoms with Crippen molar-refractivity contribution in [2.45, 2.75) is 45.7 Å². The van der Waals surface area contributed by atoms with E-state index in [1.54, 1.807) is 0 Å². The van der Waals surface area contributed by atoms with Gasteiger partial charge in [0.1, 0.15) is 11.5 Å². The van der Waals surface area contributed by atoms with Gasteiger partial charge in [-0.05, 0) is 51.4 Å². The normalized spacial score (nSPS) is 16.9. The number of nitrogens with one attached hydrogen (secondary N) is 1. The summed E-state index contributed by atoms with van der Waals surface area (Å²) >= 11 is 0. The Morgan fingerprint density at radius 3 is 2.78 bits per heavy atom. The average molecular weight is 250 g/mol. The fraction of sp³-hybridized carbons (Fsp3) is 0.733. The molecule has 18 heavy (non-hydrogen) atoms. The van der Waals surface area contributed by atoms with E-state index in [-0.39, 0.29) is 0 Å². The van der Waals surface area contributed by atoms with Gasteiger partial charge in [0.05, 0.1) is 13.1 Å². The standard InChI is InChI=1S/C15H26N2O/c1-12-8-14(18-15(12)9-16-2)11-17(3)10-13-6-4-5-7-13/h8,13,16H,4-7,9-11H2,1-3H3. The Morgan fingerprint density at radius 1 is 1.39 bits per heavy atom. The Morgan fingerprint density at radius 2 is 2.11 bits per heavy atom. The van der Waals surface area contributed by atoms with Crippen LogP contribution in [0.25, 0.3) is 0 Å². The molecule has 1 saturated carbocycles. The van der Waals surface area contributed by atoms with Crippen molar-refractivity contribution in [3.8, 4) is 0 Å². The highest BCUT2D eigenvalue weighted by Gasteiger charge is 2.17. The molecule has 0 unspecified atom stereocenters. The van der Waals surface area contributed by atoms with Gasteiger partial charge >= 0.3 is 0 Å². The first kappa shape index (κ1) is 13.6. The van der Waals surface area contributed by atoms with Crippen LogP contribution in [0.1, 0.15) is 42.8 Å². The van der Waals surface area contributed by atoms with Gasteiger partial charge in [-0.1, -0.05) is 12.8 Å². The summed E-state index contributed by atoms with van der Waals surface area (Å²) in [5.74, 6) is 3.07. The zero-order valence-electron chi connectivity index (χ0n) is 12.0. The lowest BCUT2D eigenvalue weighted by molar-refractivity contribution is 0.248. The Labute approximate surface area is 111 Å². The lowest BCUT2D eigenvalue weighted by Gasteiger charge is -2.19. The molecule has 0 radical (unpaired) electrons.